The molecular weight excluding hydrogens is 264 g/mol. The first-order valence-corrected chi connectivity index (χ1v) is 7.01. The van der Waals surface area contributed by atoms with Crippen molar-refractivity contribution in [2.24, 2.45) is 0 Å². The van der Waals surface area contributed by atoms with E-state index in [1.165, 1.54) is 0 Å². The normalized spacial score (nSPS) is 11.4. The van der Waals surface area contributed by atoms with Gasteiger partial charge in [-0.15, -0.1) is 0 Å². The Kier molecular flexibility index (Phi) is 3.02. The van der Waals surface area contributed by atoms with Crippen molar-refractivity contribution in [3.63, 3.8) is 0 Å². The van der Waals surface area contributed by atoms with Gasteiger partial charge in [0.2, 0.25) is 5.78 Å². The molecule has 21 heavy (non-hydrogen) atoms. The zero-order valence-electron chi connectivity index (χ0n) is 12.3. The molecule has 0 fully saturated rings. The maximum absolute atomic E-state index is 12.8. The van der Waals surface area contributed by atoms with E-state index in [1.807, 2.05) is 6.92 Å². The summed E-state index contributed by atoms with van der Waals surface area (Å²) in [4.78, 5) is 24.0. The molecule has 0 aliphatic rings. The number of hydrogen-bond acceptors (Lipinski definition) is 2. The lowest BCUT2D eigenvalue weighted by molar-refractivity contribution is 0.783. The maximum atomic E-state index is 12.8. The fraction of sp³-hybridized carbons (Fsp3) is 0.312. The highest BCUT2D eigenvalue weighted by molar-refractivity contribution is 5.83. The second-order valence-corrected chi connectivity index (χ2v) is 5.39. The van der Waals surface area contributed by atoms with Gasteiger partial charge >= 0.3 is 0 Å². The van der Waals surface area contributed by atoms with Crippen LogP contribution < -0.4 is 5.56 Å². The van der Waals surface area contributed by atoms with E-state index < -0.39 is 0 Å². The van der Waals surface area contributed by atoms with Gasteiger partial charge in [-0.25, -0.2) is 14.2 Å². The summed E-state index contributed by atoms with van der Waals surface area (Å²) >= 11 is 0. The lowest BCUT2D eigenvalue weighted by Crippen LogP contribution is -2.22. The summed E-state index contributed by atoms with van der Waals surface area (Å²) in [7, 11) is 0. The van der Waals surface area contributed by atoms with Crippen molar-refractivity contribution in [3.05, 3.63) is 51.2 Å². The van der Waals surface area contributed by atoms with Gasteiger partial charge in [0, 0.05) is 11.3 Å². The Labute approximate surface area is 122 Å². The standard InChI is InChI=1S/C16H16N4O/c1-5-11-14(9(2)3)19-16-18-12-7-6-10(17-4)8-13(12)20(16)15(11)21/h6-9H,5H2,1-3H3,(H,18,19). The average Bonchev–Trinajstić information content (AvgIpc) is 2.84. The van der Waals surface area contributed by atoms with Gasteiger partial charge < -0.3 is 4.98 Å². The SMILES string of the molecule is [C-]#[N+]c1ccc2nc3[nH]c(C(C)C)c(CC)c(=O)n3c2c1. The first-order valence-electron chi connectivity index (χ1n) is 7.01. The molecule has 2 aromatic heterocycles. The number of nitrogens with one attached hydrogen (secondary N) is 1. The minimum absolute atomic E-state index is 0.0421. The van der Waals surface area contributed by atoms with E-state index in [0.717, 1.165) is 16.8 Å². The van der Waals surface area contributed by atoms with E-state index in [0.29, 0.717) is 23.4 Å². The average molecular weight is 280 g/mol. The Morgan fingerprint density at radius 1 is 1.43 bits per heavy atom. The number of H-pyrrole nitrogens is 1. The van der Waals surface area contributed by atoms with Crippen LogP contribution in [0.5, 0.6) is 0 Å². The molecule has 1 aromatic carbocycles. The number of hydrogen-bond donors (Lipinski definition) is 1. The molecule has 5 nitrogen and oxygen atoms in total. The Balaban J connectivity index is 2.51. The van der Waals surface area contributed by atoms with Crippen LogP contribution in [0.4, 0.5) is 5.69 Å². The molecule has 3 aromatic rings. The van der Waals surface area contributed by atoms with E-state index in [1.54, 1.807) is 22.6 Å². The lowest BCUT2D eigenvalue weighted by atomic mass is 10.0. The third-order valence-electron chi connectivity index (χ3n) is 3.73. The summed E-state index contributed by atoms with van der Waals surface area (Å²) in [5.74, 6) is 0.772. The number of fused-ring (bicyclic) bond motifs is 3. The minimum atomic E-state index is -0.0421. The van der Waals surface area contributed by atoms with Gasteiger partial charge in [-0.05, 0) is 24.5 Å². The summed E-state index contributed by atoms with van der Waals surface area (Å²) in [5, 5.41) is 0. The van der Waals surface area contributed by atoms with Gasteiger partial charge in [-0.3, -0.25) is 4.79 Å². The molecule has 0 bridgehead atoms. The smallest absolute Gasteiger partial charge is 0.262 e. The number of imidazole rings is 1. The Hall–Kier alpha value is -2.61. The van der Waals surface area contributed by atoms with Crippen molar-refractivity contribution < 1.29 is 0 Å². The Morgan fingerprint density at radius 2 is 2.19 bits per heavy atom. The number of rotatable bonds is 2. The van der Waals surface area contributed by atoms with Gasteiger partial charge in [0.05, 0.1) is 17.6 Å². The first-order chi connectivity index (χ1) is 10.1. The van der Waals surface area contributed by atoms with E-state index in [4.69, 9.17) is 6.57 Å². The molecule has 0 spiro atoms. The highest BCUT2D eigenvalue weighted by Crippen LogP contribution is 2.23. The molecule has 0 atom stereocenters. The maximum Gasteiger partial charge on any atom is 0.262 e. The van der Waals surface area contributed by atoms with Crippen molar-refractivity contribution in [1.29, 1.82) is 0 Å². The van der Waals surface area contributed by atoms with Crippen LogP contribution in [0.25, 0.3) is 21.7 Å². The third-order valence-corrected chi connectivity index (χ3v) is 3.73. The topological polar surface area (TPSA) is 54.5 Å². The second-order valence-electron chi connectivity index (χ2n) is 5.39. The molecule has 0 amide bonds. The molecule has 0 aliphatic heterocycles. The van der Waals surface area contributed by atoms with Crippen LogP contribution in [0.1, 0.15) is 37.9 Å². The monoisotopic (exact) mass is 280 g/mol. The van der Waals surface area contributed by atoms with Crippen LogP contribution in [0.15, 0.2) is 23.0 Å². The predicted octanol–water partition coefficient (Wildman–Crippen LogP) is 3.41. The summed E-state index contributed by atoms with van der Waals surface area (Å²) in [5.41, 5.74) is 3.60. The fourth-order valence-electron chi connectivity index (χ4n) is 2.70. The third kappa shape index (κ3) is 1.91. The summed E-state index contributed by atoms with van der Waals surface area (Å²) in [6.07, 6.45) is 0.668. The molecule has 0 aliphatic carbocycles. The molecule has 1 N–H and O–H groups in total. The second kappa shape index (κ2) is 4.74. The first kappa shape index (κ1) is 13.4. The molecule has 2 heterocycles. The van der Waals surface area contributed by atoms with Crippen molar-refractivity contribution in [2.75, 3.05) is 0 Å². The summed E-state index contributed by atoms with van der Waals surface area (Å²) < 4.78 is 1.58. The molecule has 5 heteroatoms. The van der Waals surface area contributed by atoms with Crippen LogP contribution in [0.2, 0.25) is 0 Å². The van der Waals surface area contributed by atoms with Gasteiger partial charge in [0.25, 0.3) is 5.56 Å². The zero-order chi connectivity index (χ0) is 15.1. The molecule has 106 valence electrons. The lowest BCUT2D eigenvalue weighted by Gasteiger charge is -2.11. The molecule has 3 rings (SSSR count). The fourth-order valence-corrected chi connectivity index (χ4v) is 2.70. The van der Waals surface area contributed by atoms with Crippen LogP contribution in [-0.4, -0.2) is 14.4 Å². The van der Waals surface area contributed by atoms with E-state index in [9.17, 15) is 4.79 Å². The quantitative estimate of drug-likeness (QED) is 0.731. The van der Waals surface area contributed by atoms with E-state index in [-0.39, 0.29) is 11.5 Å². The summed E-state index contributed by atoms with van der Waals surface area (Å²) in [6, 6.07) is 5.21. The van der Waals surface area contributed by atoms with Crippen LogP contribution in [0, 0.1) is 6.57 Å². The molecular formula is C16H16N4O. The predicted molar refractivity (Wildman–Crippen MR) is 83.0 cm³/mol. The zero-order valence-corrected chi connectivity index (χ0v) is 12.3. The van der Waals surface area contributed by atoms with Crippen molar-refractivity contribution in [1.82, 2.24) is 14.4 Å². The number of aromatic amines is 1. The van der Waals surface area contributed by atoms with Crippen LogP contribution >= 0.6 is 0 Å². The van der Waals surface area contributed by atoms with Gasteiger partial charge in [-0.1, -0.05) is 26.8 Å². The van der Waals surface area contributed by atoms with Crippen molar-refractivity contribution in [2.45, 2.75) is 33.1 Å². The van der Waals surface area contributed by atoms with Crippen LogP contribution in [0.3, 0.4) is 0 Å². The number of benzene rings is 1. The highest BCUT2D eigenvalue weighted by atomic mass is 16.1. The Morgan fingerprint density at radius 3 is 2.81 bits per heavy atom. The number of aromatic nitrogens is 3. The van der Waals surface area contributed by atoms with E-state index in [2.05, 4.69) is 28.7 Å². The molecule has 0 radical (unpaired) electrons. The Bertz CT molecular complexity index is 941. The highest BCUT2D eigenvalue weighted by Gasteiger charge is 2.16. The van der Waals surface area contributed by atoms with E-state index >= 15 is 0 Å². The van der Waals surface area contributed by atoms with Crippen molar-refractivity contribution in [3.8, 4) is 0 Å². The molecule has 0 saturated carbocycles. The molecule has 0 unspecified atom stereocenters. The summed E-state index contributed by atoms with van der Waals surface area (Å²) in [6.45, 7) is 13.2. The largest absolute Gasteiger partial charge is 0.328 e. The van der Waals surface area contributed by atoms with Gasteiger partial charge in [-0.2, -0.15) is 0 Å². The molecule has 0 saturated heterocycles. The van der Waals surface area contributed by atoms with Gasteiger partial charge in [0.1, 0.15) is 0 Å². The number of nitrogens with zero attached hydrogens (tertiary/aromatic N) is 3. The van der Waals surface area contributed by atoms with Gasteiger partial charge in [0.15, 0.2) is 5.69 Å². The van der Waals surface area contributed by atoms with Crippen LogP contribution in [-0.2, 0) is 6.42 Å². The minimum Gasteiger partial charge on any atom is -0.328 e. The van der Waals surface area contributed by atoms with Crippen molar-refractivity contribution >= 4 is 22.5 Å².